The lowest BCUT2D eigenvalue weighted by Crippen LogP contribution is -2.59. The zero-order chi connectivity index (χ0) is 22.0. The van der Waals surface area contributed by atoms with Crippen LogP contribution in [0.3, 0.4) is 0 Å². The average molecular weight is 426 g/mol. The van der Waals surface area contributed by atoms with Gasteiger partial charge in [0, 0.05) is 5.92 Å². The van der Waals surface area contributed by atoms with Crippen LogP contribution in [0.5, 0.6) is 0 Å². The van der Waals surface area contributed by atoms with E-state index >= 15 is 0 Å². The number of esters is 1. The molecule has 2 saturated heterocycles. The monoisotopic (exact) mass is 426 g/mol. The third kappa shape index (κ3) is 4.66. The number of hydrogen-bond acceptors (Lipinski definition) is 9. The van der Waals surface area contributed by atoms with Gasteiger partial charge in [-0.1, -0.05) is 13.0 Å². The molecule has 168 valence electrons. The normalized spacial score (nSPS) is 46.1. The molecule has 3 rings (SSSR count). The van der Waals surface area contributed by atoms with Crippen LogP contribution in [0.1, 0.15) is 33.1 Å². The molecule has 9 nitrogen and oxygen atoms in total. The summed E-state index contributed by atoms with van der Waals surface area (Å²) in [6.45, 7) is 3.05. The minimum atomic E-state index is -1.55. The molecule has 0 aromatic heterocycles. The van der Waals surface area contributed by atoms with Gasteiger partial charge >= 0.3 is 5.97 Å². The summed E-state index contributed by atoms with van der Waals surface area (Å²) in [6.07, 6.45) is -2.23. The largest absolute Gasteiger partial charge is 0.458 e. The molecule has 0 aromatic carbocycles. The molecule has 0 radical (unpaired) electrons. The minimum absolute atomic E-state index is 0.0678. The Bertz CT molecular complexity index is 701. The highest BCUT2D eigenvalue weighted by Gasteiger charge is 2.45. The van der Waals surface area contributed by atoms with Crippen molar-refractivity contribution in [2.75, 3.05) is 6.61 Å². The number of ether oxygens (including phenoxy) is 3. The van der Waals surface area contributed by atoms with Gasteiger partial charge in [0.15, 0.2) is 6.29 Å². The van der Waals surface area contributed by atoms with Gasteiger partial charge in [0.05, 0.1) is 18.6 Å². The second-order valence-corrected chi connectivity index (χ2v) is 8.26. The summed E-state index contributed by atoms with van der Waals surface area (Å²) in [6, 6.07) is 0. The standard InChI is InChI=1S/C21H30O9/c1-10-7-15-13(11(2)20(27)28-15)5-3-12(8-22)4-6-14(10)29-21-19(26)18(25)17(24)16(9-23)30-21/h4,7-8,11,13-19,21,23-26H,3,5-6,9H2,1-2H3/b10-7+,12-4+/t11-,13-,14+,15+,16+,17+,18-,19+,21+/m1/s1. The molecule has 0 aromatic rings. The third-order valence-corrected chi connectivity index (χ3v) is 6.28. The molecule has 9 atom stereocenters. The molecular formula is C21H30O9. The fraction of sp³-hybridized carbons (Fsp3) is 0.714. The van der Waals surface area contributed by atoms with Crippen molar-refractivity contribution in [3.05, 3.63) is 23.3 Å². The van der Waals surface area contributed by atoms with Gasteiger partial charge in [-0.25, -0.2) is 0 Å². The van der Waals surface area contributed by atoms with E-state index in [9.17, 15) is 30.0 Å². The van der Waals surface area contributed by atoms with Gasteiger partial charge in [-0.3, -0.25) is 9.59 Å². The topological polar surface area (TPSA) is 143 Å². The lowest BCUT2D eigenvalue weighted by atomic mass is 9.84. The molecule has 9 heteroatoms. The van der Waals surface area contributed by atoms with Crippen LogP contribution in [0, 0.1) is 11.8 Å². The number of hydrogen-bond donors (Lipinski definition) is 4. The zero-order valence-electron chi connectivity index (χ0n) is 17.1. The first-order valence-corrected chi connectivity index (χ1v) is 10.3. The Morgan fingerprint density at radius 3 is 2.63 bits per heavy atom. The summed E-state index contributed by atoms with van der Waals surface area (Å²) in [7, 11) is 0. The van der Waals surface area contributed by atoms with Crippen LogP contribution in [-0.2, 0) is 23.8 Å². The maximum absolute atomic E-state index is 12.1. The van der Waals surface area contributed by atoms with E-state index in [4.69, 9.17) is 14.2 Å². The Morgan fingerprint density at radius 2 is 1.97 bits per heavy atom. The SMILES string of the molecule is C/C1=C\[C@@H]2OC(=O)[C@H](C)[C@H]2CC/C(C=O)=C\C[C@@H]1O[C@H]1O[C@@H](CO)[C@H](O)[C@@H](O)[C@@H]1O. The Hall–Kier alpha value is -1.62. The van der Waals surface area contributed by atoms with Crippen LogP contribution in [0.4, 0.5) is 0 Å². The summed E-state index contributed by atoms with van der Waals surface area (Å²) in [4.78, 5) is 23.6. The number of rotatable bonds is 4. The number of carbonyl (C=O) groups excluding carboxylic acids is 2. The van der Waals surface area contributed by atoms with Crippen molar-refractivity contribution in [3.8, 4) is 0 Å². The first-order chi connectivity index (χ1) is 14.3. The molecule has 0 amide bonds. The molecule has 2 fully saturated rings. The van der Waals surface area contributed by atoms with E-state index in [1.54, 1.807) is 13.0 Å². The third-order valence-electron chi connectivity index (χ3n) is 6.28. The number of aldehydes is 1. The van der Waals surface area contributed by atoms with Crippen molar-refractivity contribution < 1.29 is 44.2 Å². The van der Waals surface area contributed by atoms with E-state index in [0.29, 0.717) is 30.4 Å². The summed E-state index contributed by atoms with van der Waals surface area (Å²) >= 11 is 0. The van der Waals surface area contributed by atoms with Crippen LogP contribution in [0.25, 0.3) is 0 Å². The molecule has 3 aliphatic rings. The van der Waals surface area contributed by atoms with Gasteiger partial charge in [0.1, 0.15) is 36.8 Å². The lowest BCUT2D eigenvalue weighted by Gasteiger charge is -2.41. The quantitative estimate of drug-likeness (QED) is 0.268. The number of carbonyl (C=O) groups is 2. The maximum Gasteiger partial charge on any atom is 0.309 e. The average Bonchev–Trinajstić information content (AvgIpc) is 2.99. The van der Waals surface area contributed by atoms with E-state index in [-0.39, 0.29) is 17.8 Å². The van der Waals surface area contributed by atoms with E-state index < -0.39 is 49.5 Å². The fourth-order valence-corrected chi connectivity index (χ4v) is 4.22. The maximum atomic E-state index is 12.1. The first-order valence-electron chi connectivity index (χ1n) is 10.3. The second kappa shape index (κ2) is 9.67. The molecule has 0 spiro atoms. The zero-order valence-corrected chi connectivity index (χ0v) is 17.1. The van der Waals surface area contributed by atoms with Gasteiger partial charge in [0.2, 0.25) is 0 Å². The molecule has 1 aliphatic carbocycles. The minimum Gasteiger partial charge on any atom is -0.458 e. The Kier molecular flexibility index (Phi) is 7.43. The molecule has 0 saturated carbocycles. The summed E-state index contributed by atoms with van der Waals surface area (Å²) in [5.41, 5.74) is 1.30. The van der Waals surface area contributed by atoms with E-state index in [2.05, 4.69) is 0 Å². The fourth-order valence-electron chi connectivity index (χ4n) is 4.22. The Morgan fingerprint density at radius 1 is 1.23 bits per heavy atom. The Labute approximate surface area is 174 Å². The smallest absolute Gasteiger partial charge is 0.309 e. The van der Waals surface area contributed by atoms with Gasteiger partial charge < -0.3 is 34.6 Å². The number of allylic oxidation sites excluding steroid dienone is 1. The van der Waals surface area contributed by atoms with Gasteiger partial charge in [-0.05, 0) is 43.4 Å². The predicted molar refractivity (Wildman–Crippen MR) is 103 cm³/mol. The van der Waals surface area contributed by atoms with E-state index in [0.717, 1.165) is 6.29 Å². The lowest BCUT2D eigenvalue weighted by molar-refractivity contribution is -0.308. The molecular weight excluding hydrogens is 396 g/mol. The van der Waals surface area contributed by atoms with Crippen LogP contribution < -0.4 is 0 Å². The van der Waals surface area contributed by atoms with Crippen LogP contribution in [0.15, 0.2) is 23.3 Å². The number of fused-ring (bicyclic) bond motifs is 1. The molecule has 2 aliphatic heterocycles. The van der Waals surface area contributed by atoms with Crippen molar-refractivity contribution in [1.29, 1.82) is 0 Å². The Balaban J connectivity index is 1.85. The van der Waals surface area contributed by atoms with Crippen molar-refractivity contribution >= 4 is 12.3 Å². The molecule has 4 N–H and O–H groups in total. The highest BCUT2D eigenvalue weighted by Crippen LogP contribution is 2.36. The van der Waals surface area contributed by atoms with Crippen molar-refractivity contribution in [1.82, 2.24) is 0 Å². The number of aliphatic hydroxyl groups excluding tert-OH is 4. The number of aliphatic hydroxyl groups is 4. The van der Waals surface area contributed by atoms with E-state index in [1.807, 2.05) is 13.0 Å². The summed E-state index contributed by atoms with van der Waals surface area (Å²) < 4.78 is 16.9. The van der Waals surface area contributed by atoms with Crippen molar-refractivity contribution in [2.45, 2.75) is 76.0 Å². The highest BCUT2D eigenvalue weighted by molar-refractivity contribution is 5.75. The van der Waals surface area contributed by atoms with Gasteiger partial charge in [0.25, 0.3) is 0 Å². The summed E-state index contributed by atoms with van der Waals surface area (Å²) in [5, 5.41) is 39.6. The second-order valence-electron chi connectivity index (χ2n) is 8.26. The van der Waals surface area contributed by atoms with Crippen LogP contribution >= 0.6 is 0 Å². The van der Waals surface area contributed by atoms with Crippen molar-refractivity contribution in [3.63, 3.8) is 0 Å². The molecule has 0 unspecified atom stereocenters. The van der Waals surface area contributed by atoms with Gasteiger partial charge in [-0.15, -0.1) is 0 Å². The molecule has 0 bridgehead atoms. The van der Waals surface area contributed by atoms with Gasteiger partial charge in [-0.2, -0.15) is 0 Å². The first kappa shape index (κ1) is 23.1. The van der Waals surface area contributed by atoms with Crippen LogP contribution in [-0.4, -0.2) is 82.2 Å². The van der Waals surface area contributed by atoms with Crippen LogP contribution in [0.2, 0.25) is 0 Å². The van der Waals surface area contributed by atoms with E-state index in [1.165, 1.54) is 0 Å². The predicted octanol–water partition coefficient (Wildman–Crippen LogP) is -0.395. The molecule has 30 heavy (non-hydrogen) atoms. The van der Waals surface area contributed by atoms with Crippen molar-refractivity contribution in [2.24, 2.45) is 11.8 Å². The molecule has 2 heterocycles. The highest BCUT2D eigenvalue weighted by atomic mass is 16.7. The summed E-state index contributed by atoms with van der Waals surface area (Å²) in [5.74, 6) is -0.630.